The number of rotatable bonds is 4. The molecule has 0 aromatic heterocycles. The van der Waals surface area contributed by atoms with Crippen molar-refractivity contribution in [2.24, 2.45) is 0 Å². The molecule has 4 nitrogen and oxygen atoms in total. The molecule has 2 amide bonds. The lowest BCUT2D eigenvalue weighted by molar-refractivity contribution is 0.230. The van der Waals surface area contributed by atoms with E-state index in [-0.39, 0.29) is 6.03 Å². The molecule has 0 aliphatic heterocycles. The maximum atomic E-state index is 11.2. The summed E-state index contributed by atoms with van der Waals surface area (Å²) in [6.45, 7) is 2.77. The van der Waals surface area contributed by atoms with E-state index in [0.29, 0.717) is 6.04 Å². The van der Waals surface area contributed by atoms with E-state index in [9.17, 15) is 4.79 Å². The van der Waals surface area contributed by atoms with Gasteiger partial charge in [0, 0.05) is 12.6 Å². The molecular weight excluding hydrogens is 178 g/mol. The predicted octanol–water partition coefficient (Wildman–Crippen LogP) is 1.53. The van der Waals surface area contributed by atoms with Crippen LogP contribution in [0.3, 0.4) is 0 Å². The standard InChI is InChI=1S/C10H21N3O/c1-2-8-11-10(14)13-12-9-6-4-3-5-7-9/h9,12H,2-8H2,1H3,(H2,11,13,14). The average molecular weight is 199 g/mol. The number of nitrogens with one attached hydrogen (secondary N) is 3. The van der Waals surface area contributed by atoms with Gasteiger partial charge in [0.25, 0.3) is 0 Å². The maximum Gasteiger partial charge on any atom is 0.329 e. The van der Waals surface area contributed by atoms with Crippen LogP contribution in [0.25, 0.3) is 0 Å². The average Bonchev–Trinajstić information content (AvgIpc) is 2.25. The van der Waals surface area contributed by atoms with Crippen molar-refractivity contribution in [3.63, 3.8) is 0 Å². The van der Waals surface area contributed by atoms with Gasteiger partial charge in [-0.2, -0.15) is 0 Å². The quantitative estimate of drug-likeness (QED) is 0.601. The fourth-order valence-corrected chi connectivity index (χ4v) is 1.70. The van der Waals surface area contributed by atoms with Gasteiger partial charge in [-0.1, -0.05) is 26.2 Å². The third-order valence-corrected chi connectivity index (χ3v) is 2.53. The van der Waals surface area contributed by atoms with Gasteiger partial charge in [0.15, 0.2) is 0 Å². The molecule has 0 heterocycles. The molecular formula is C10H21N3O. The molecule has 1 rings (SSSR count). The second-order valence-electron chi connectivity index (χ2n) is 3.86. The fraction of sp³-hybridized carbons (Fsp3) is 0.900. The third kappa shape index (κ3) is 4.46. The molecule has 0 radical (unpaired) electrons. The number of urea groups is 1. The molecule has 1 saturated carbocycles. The Kier molecular flexibility index (Phi) is 5.37. The summed E-state index contributed by atoms with van der Waals surface area (Å²) in [6.07, 6.45) is 7.20. The third-order valence-electron chi connectivity index (χ3n) is 2.53. The van der Waals surface area contributed by atoms with Gasteiger partial charge in [-0.05, 0) is 19.3 Å². The summed E-state index contributed by atoms with van der Waals surface area (Å²) in [5.41, 5.74) is 5.76. The van der Waals surface area contributed by atoms with E-state index in [4.69, 9.17) is 0 Å². The van der Waals surface area contributed by atoms with E-state index in [1.54, 1.807) is 0 Å². The molecule has 0 spiro atoms. The van der Waals surface area contributed by atoms with Crippen LogP contribution < -0.4 is 16.2 Å². The number of amides is 2. The van der Waals surface area contributed by atoms with Crippen molar-refractivity contribution in [3.05, 3.63) is 0 Å². The fourth-order valence-electron chi connectivity index (χ4n) is 1.70. The molecule has 0 saturated heterocycles. The normalized spacial score (nSPS) is 17.8. The van der Waals surface area contributed by atoms with Crippen molar-refractivity contribution in [2.45, 2.75) is 51.5 Å². The van der Waals surface area contributed by atoms with Crippen LogP contribution in [-0.4, -0.2) is 18.6 Å². The monoisotopic (exact) mass is 199 g/mol. The first kappa shape index (κ1) is 11.3. The molecule has 3 N–H and O–H groups in total. The van der Waals surface area contributed by atoms with Gasteiger partial charge in [-0.25, -0.2) is 10.2 Å². The number of hydrogen-bond acceptors (Lipinski definition) is 2. The minimum Gasteiger partial charge on any atom is -0.337 e. The van der Waals surface area contributed by atoms with E-state index in [1.807, 2.05) is 6.92 Å². The highest BCUT2D eigenvalue weighted by Crippen LogP contribution is 2.16. The Morgan fingerprint density at radius 1 is 1.29 bits per heavy atom. The highest BCUT2D eigenvalue weighted by molar-refractivity contribution is 5.73. The SMILES string of the molecule is CCCNC(=O)NNC1CCCCC1. The molecule has 0 unspecified atom stereocenters. The van der Waals surface area contributed by atoms with Gasteiger partial charge in [0.2, 0.25) is 0 Å². The van der Waals surface area contributed by atoms with Crippen molar-refractivity contribution in [2.75, 3.05) is 6.54 Å². The molecule has 0 atom stereocenters. The zero-order chi connectivity index (χ0) is 10.2. The Hall–Kier alpha value is -0.770. The number of carbonyl (C=O) groups is 1. The van der Waals surface area contributed by atoms with Crippen LogP contribution in [0.5, 0.6) is 0 Å². The first-order valence-electron chi connectivity index (χ1n) is 5.62. The van der Waals surface area contributed by atoms with Crippen LogP contribution in [-0.2, 0) is 0 Å². The van der Waals surface area contributed by atoms with Crippen molar-refractivity contribution in [3.8, 4) is 0 Å². The lowest BCUT2D eigenvalue weighted by atomic mass is 9.96. The minimum absolute atomic E-state index is 0.113. The summed E-state index contributed by atoms with van der Waals surface area (Å²) < 4.78 is 0. The summed E-state index contributed by atoms with van der Waals surface area (Å²) in [6, 6.07) is 0.355. The highest BCUT2D eigenvalue weighted by atomic mass is 16.2. The van der Waals surface area contributed by atoms with Crippen molar-refractivity contribution >= 4 is 6.03 Å². The summed E-state index contributed by atoms with van der Waals surface area (Å²) >= 11 is 0. The van der Waals surface area contributed by atoms with Crippen LogP contribution in [0.2, 0.25) is 0 Å². The number of hydrazine groups is 1. The molecule has 4 heteroatoms. The Morgan fingerprint density at radius 2 is 2.00 bits per heavy atom. The highest BCUT2D eigenvalue weighted by Gasteiger charge is 2.12. The molecule has 1 aliphatic carbocycles. The maximum absolute atomic E-state index is 11.2. The summed E-state index contributed by atoms with van der Waals surface area (Å²) in [5.74, 6) is 0. The first-order chi connectivity index (χ1) is 6.83. The van der Waals surface area contributed by atoms with Crippen molar-refractivity contribution in [1.29, 1.82) is 0 Å². The summed E-state index contributed by atoms with van der Waals surface area (Å²) in [7, 11) is 0. The van der Waals surface area contributed by atoms with E-state index in [0.717, 1.165) is 13.0 Å². The van der Waals surface area contributed by atoms with Gasteiger partial charge in [0.05, 0.1) is 0 Å². The molecule has 0 bridgehead atoms. The summed E-state index contributed by atoms with van der Waals surface area (Å²) in [5, 5.41) is 2.76. The van der Waals surface area contributed by atoms with Crippen LogP contribution in [0, 0.1) is 0 Å². The Morgan fingerprint density at radius 3 is 2.64 bits per heavy atom. The largest absolute Gasteiger partial charge is 0.337 e. The minimum atomic E-state index is -0.113. The van der Waals surface area contributed by atoms with Gasteiger partial charge >= 0.3 is 6.03 Å². The summed E-state index contributed by atoms with van der Waals surface area (Å²) in [4.78, 5) is 11.2. The van der Waals surface area contributed by atoms with Gasteiger partial charge in [0.1, 0.15) is 0 Å². The van der Waals surface area contributed by atoms with E-state index >= 15 is 0 Å². The van der Waals surface area contributed by atoms with Crippen LogP contribution >= 0.6 is 0 Å². The lowest BCUT2D eigenvalue weighted by Crippen LogP contribution is -2.49. The first-order valence-corrected chi connectivity index (χ1v) is 5.62. The Balaban J connectivity index is 2.03. The van der Waals surface area contributed by atoms with Crippen LogP contribution in [0.15, 0.2) is 0 Å². The molecule has 0 aromatic carbocycles. The lowest BCUT2D eigenvalue weighted by Gasteiger charge is -2.22. The van der Waals surface area contributed by atoms with Crippen LogP contribution in [0.4, 0.5) is 4.79 Å². The Labute approximate surface area is 85.8 Å². The van der Waals surface area contributed by atoms with Crippen molar-refractivity contribution in [1.82, 2.24) is 16.2 Å². The molecule has 1 aliphatic rings. The zero-order valence-electron chi connectivity index (χ0n) is 8.94. The van der Waals surface area contributed by atoms with E-state index in [2.05, 4.69) is 16.2 Å². The molecule has 1 fully saturated rings. The predicted molar refractivity (Wildman–Crippen MR) is 56.8 cm³/mol. The molecule has 0 aromatic rings. The second-order valence-corrected chi connectivity index (χ2v) is 3.86. The molecule has 14 heavy (non-hydrogen) atoms. The van der Waals surface area contributed by atoms with Crippen LogP contribution in [0.1, 0.15) is 45.4 Å². The zero-order valence-corrected chi connectivity index (χ0v) is 8.94. The number of carbonyl (C=O) groups excluding carboxylic acids is 1. The topological polar surface area (TPSA) is 53.2 Å². The number of hydrogen-bond donors (Lipinski definition) is 3. The second kappa shape index (κ2) is 6.65. The van der Waals surface area contributed by atoms with E-state index < -0.39 is 0 Å². The van der Waals surface area contributed by atoms with Gasteiger partial charge < -0.3 is 5.32 Å². The van der Waals surface area contributed by atoms with Gasteiger partial charge in [-0.15, -0.1) is 0 Å². The smallest absolute Gasteiger partial charge is 0.329 e. The van der Waals surface area contributed by atoms with E-state index in [1.165, 1.54) is 32.1 Å². The Bertz CT molecular complexity index is 167. The van der Waals surface area contributed by atoms with Gasteiger partial charge in [-0.3, -0.25) is 5.43 Å². The van der Waals surface area contributed by atoms with Crippen molar-refractivity contribution < 1.29 is 4.79 Å². The molecule has 82 valence electrons.